The van der Waals surface area contributed by atoms with Gasteiger partial charge in [-0.05, 0) is 37.1 Å². The van der Waals surface area contributed by atoms with Gasteiger partial charge in [0.2, 0.25) is 15.9 Å². The van der Waals surface area contributed by atoms with Gasteiger partial charge in [0.15, 0.2) is 11.5 Å². The Labute approximate surface area is 196 Å². The second-order valence-electron chi connectivity index (χ2n) is 6.95. The highest BCUT2D eigenvalue weighted by atomic mass is 35.5. The fourth-order valence-corrected chi connectivity index (χ4v) is 5.49. The van der Waals surface area contributed by atoms with Crippen molar-refractivity contribution < 1.29 is 22.7 Å². The molecule has 31 heavy (non-hydrogen) atoms. The maximum Gasteiger partial charge on any atom is 0.243 e. The van der Waals surface area contributed by atoms with Crippen molar-refractivity contribution in [2.24, 2.45) is 5.92 Å². The largest absolute Gasteiger partial charge is 0.493 e. The van der Waals surface area contributed by atoms with Gasteiger partial charge in [-0.2, -0.15) is 4.31 Å². The molecule has 0 radical (unpaired) electrons. The standard InChI is InChI=1S/C20H21Cl3N2O5S/c1-29-18-6-5-13(8-19(18)30-2)31(27,28)25-7-3-4-12(11-25)20(26)24-17-10-15(22)14(21)9-16(17)23/h5-6,8-10,12H,3-4,7,11H2,1-2H3,(H,24,26)/t12-/m1/s1. The molecular weight excluding hydrogens is 487 g/mol. The number of anilines is 1. The number of nitrogens with one attached hydrogen (secondary N) is 1. The molecule has 0 aromatic heterocycles. The fourth-order valence-electron chi connectivity index (χ4n) is 3.35. The molecule has 1 N–H and O–H groups in total. The van der Waals surface area contributed by atoms with Crippen molar-refractivity contribution in [3.63, 3.8) is 0 Å². The average Bonchev–Trinajstić information content (AvgIpc) is 2.76. The Hall–Kier alpha value is -1.71. The van der Waals surface area contributed by atoms with E-state index in [0.29, 0.717) is 36.6 Å². The number of halogens is 3. The number of benzene rings is 2. The molecule has 1 amide bonds. The van der Waals surface area contributed by atoms with E-state index in [1.165, 1.54) is 48.9 Å². The number of sulfonamides is 1. The summed E-state index contributed by atoms with van der Waals surface area (Å²) >= 11 is 18.1. The van der Waals surface area contributed by atoms with Crippen molar-refractivity contribution in [2.45, 2.75) is 17.7 Å². The smallest absolute Gasteiger partial charge is 0.243 e. The van der Waals surface area contributed by atoms with E-state index >= 15 is 0 Å². The Balaban J connectivity index is 1.78. The Kier molecular flexibility index (Phi) is 7.59. The van der Waals surface area contributed by atoms with Gasteiger partial charge in [0, 0.05) is 19.2 Å². The number of nitrogens with zero attached hydrogens (tertiary/aromatic N) is 1. The van der Waals surface area contributed by atoms with Crippen LogP contribution < -0.4 is 14.8 Å². The van der Waals surface area contributed by atoms with Gasteiger partial charge in [-0.25, -0.2) is 8.42 Å². The van der Waals surface area contributed by atoms with Crippen molar-refractivity contribution in [3.05, 3.63) is 45.4 Å². The molecule has 0 unspecified atom stereocenters. The first-order chi connectivity index (χ1) is 14.7. The van der Waals surface area contributed by atoms with Crippen molar-refractivity contribution in [1.82, 2.24) is 4.31 Å². The zero-order chi connectivity index (χ0) is 22.8. The van der Waals surface area contributed by atoms with E-state index in [-0.39, 0.29) is 32.4 Å². The molecule has 1 aliphatic heterocycles. The molecule has 1 fully saturated rings. The molecule has 2 aromatic rings. The number of methoxy groups -OCH3 is 2. The number of hydrogen-bond donors (Lipinski definition) is 1. The predicted octanol–water partition coefficient (Wildman–Crippen LogP) is 4.70. The number of hydrogen-bond acceptors (Lipinski definition) is 5. The van der Waals surface area contributed by atoms with Crippen molar-refractivity contribution in [3.8, 4) is 11.5 Å². The molecule has 0 bridgehead atoms. The van der Waals surface area contributed by atoms with Gasteiger partial charge >= 0.3 is 0 Å². The lowest BCUT2D eigenvalue weighted by Crippen LogP contribution is -2.43. The van der Waals surface area contributed by atoms with Crippen LogP contribution in [-0.2, 0) is 14.8 Å². The van der Waals surface area contributed by atoms with Crippen LogP contribution in [0.25, 0.3) is 0 Å². The summed E-state index contributed by atoms with van der Waals surface area (Å²) in [4.78, 5) is 12.9. The Morgan fingerprint density at radius 1 is 1.03 bits per heavy atom. The molecule has 1 heterocycles. The second kappa shape index (κ2) is 9.83. The predicted molar refractivity (Wildman–Crippen MR) is 121 cm³/mol. The minimum Gasteiger partial charge on any atom is -0.493 e. The van der Waals surface area contributed by atoms with Crippen molar-refractivity contribution in [2.75, 3.05) is 32.6 Å². The highest BCUT2D eigenvalue weighted by Crippen LogP contribution is 2.34. The molecule has 7 nitrogen and oxygen atoms in total. The fraction of sp³-hybridized carbons (Fsp3) is 0.350. The second-order valence-corrected chi connectivity index (χ2v) is 10.1. The highest BCUT2D eigenvalue weighted by Gasteiger charge is 2.34. The van der Waals surface area contributed by atoms with Crippen LogP contribution in [0.2, 0.25) is 15.1 Å². The van der Waals surface area contributed by atoms with Crippen LogP contribution in [0, 0.1) is 5.92 Å². The average molecular weight is 508 g/mol. The zero-order valence-corrected chi connectivity index (χ0v) is 19.9. The van der Waals surface area contributed by atoms with Gasteiger partial charge in [0.25, 0.3) is 0 Å². The number of carbonyl (C=O) groups is 1. The summed E-state index contributed by atoms with van der Waals surface area (Å²) in [6.07, 6.45) is 1.09. The van der Waals surface area contributed by atoms with Crippen LogP contribution in [0.5, 0.6) is 11.5 Å². The van der Waals surface area contributed by atoms with Crippen molar-refractivity contribution >= 4 is 56.4 Å². The van der Waals surface area contributed by atoms with Crippen molar-refractivity contribution in [1.29, 1.82) is 0 Å². The third kappa shape index (κ3) is 5.21. The molecule has 3 rings (SSSR count). The van der Waals surface area contributed by atoms with Crippen LogP contribution >= 0.6 is 34.8 Å². The Morgan fingerprint density at radius 2 is 1.71 bits per heavy atom. The minimum absolute atomic E-state index is 0.0431. The lowest BCUT2D eigenvalue weighted by Gasteiger charge is -2.31. The lowest BCUT2D eigenvalue weighted by atomic mass is 9.98. The van der Waals surface area contributed by atoms with Crippen LogP contribution in [0.3, 0.4) is 0 Å². The number of piperidine rings is 1. The van der Waals surface area contributed by atoms with Crippen LogP contribution in [0.15, 0.2) is 35.2 Å². The summed E-state index contributed by atoms with van der Waals surface area (Å²) in [5, 5.41) is 3.49. The van der Waals surface area contributed by atoms with E-state index in [9.17, 15) is 13.2 Å². The summed E-state index contributed by atoms with van der Waals surface area (Å²) in [5.41, 5.74) is 0.320. The quantitative estimate of drug-likeness (QED) is 0.573. The molecule has 2 aromatic carbocycles. The van der Waals surface area contributed by atoms with Gasteiger partial charge in [0.1, 0.15) is 0 Å². The first-order valence-electron chi connectivity index (χ1n) is 9.35. The first kappa shape index (κ1) is 23.9. The number of ether oxygens (including phenoxy) is 2. The van der Waals surface area contributed by atoms with Gasteiger partial charge in [0.05, 0.1) is 45.8 Å². The van der Waals surface area contributed by atoms with Crippen LogP contribution in [-0.4, -0.2) is 45.9 Å². The molecular formula is C20H21Cl3N2O5S. The van der Waals surface area contributed by atoms with E-state index in [0.717, 1.165) is 0 Å². The maximum absolute atomic E-state index is 13.2. The molecule has 1 aliphatic rings. The molecule has 0 spiro atoms. The Morgan fingerprint density at radius 3 is 2.39 bits per heavy atom. The summed E-state index contributed by atoms with van der Waals surface area (Å²) in [5.74, 6) is -0.151. The highest BCUT2D eigenvalue weighted by molar-refractivity contribution is 7.89. The van der Waals surface area contributed by atoms with Crippen LogP contribution in [0.4, 0.5) is 5.69 Å². The molecule has 168 valence electrons. The van der Waals surface area contributed by atoms with E-state index in [1.54, 1.807) is 0 Å². The molecule has 1 atom stereocenters. The minimum atomic E-state index is -3.83. The van der Waals surface area contributed by atoms with Crippen LogP contribution in [0.1, 0.15) is 12.8 Å². The Bertz CT molecular complexity index is 1090. The monoisotopic (exact) mass is 506 g/mol. The molecule has 11 heteroatoms. The van der Waals surface area contributed by atoms with Gasteiger partial charge in [-0.1, -0.05) is 34.8 Å². The topological polar surface area (TPSA) is 84.9 Å². The summed E-state index contributed by atoms with van der Waals surface area (Å²) < 4.78 is 38.0. The number of rotatable bonds is 6. The van der Waals surface area contributed by atoms with Gasteiger partial charge in [-0.3, -0.25) is 4.79 Å². The van der Waals surface area contributed by atoms with E-state index in [4.69, 9.17) is 44.3 Å². The molecule has 0 saturated carbocycles. The van der Waals surface area contributed by atoms with E-state index in [2.05, 4.69) is 5.32 Å². The van der Waals surface area contributed by atoms with E-state index in [1.807, 2.05) is 0 Å². The summed E-state index contributed by atoms with van der Waals surface area (Å²) in [7, 11) is -0.920. The summed E-state index contributed by atoms with van der Waals surface area (Å²) in [6, 6.07) is 7.30. The number of carbonyl (C=O) groups excluding carboxylic acids is 1. The third-order valence-electron chi connectivity index (χ3n) is 5.02. The van der Waals surface area contributed by atoms with Gasteiger partial charge in [-0.15, -0.1) is 0 Å². The third-order valence-corrected chi connectivity index (χ3v) is 7.91. The first-order valence-corrected chi connectivity index (χ1v) is 11.9. The SMILES string of the molecule is COc1ccc(S(=O)(=O)N2CCC[C@@H](C(=O)Nc3cc(Cl)c(Cl)cc3Cl)C2)cc1OC. The zero-order valence-electron chi connectivity index (χ0n) is 16.8. The lowest BCUT2D eigenvalue weighted by molar-refractivity contribution is -0.120. The maximum atomic E-state index is 13.2. The molecule has 0 aliphatic carbocycles. The normalized spacial score (nSPS) is 17.3. The molecule has 1 saturated heterocycles. The summed E-state index contributed by atoms with van der Waals surface area (Å²) in [6.45, 7) is 0.357. The number of amides is 1. The van der Waals surface area contributed by atoms with Gasteiger partial charge < -0.3 is 14.8 Å². The van der Waals surface area contributed by atoms with E-state index < -0.39 is 15.9 Å².